The number of para-hydroxylation sites is 1. The van der Waals surface area contributed by atoms with E-state index in [0.717, 1.165) is 5.56 Å². The molecule has 0 aliphatic carbocycles. The Hall–Kier alpha value is -2.25. The summed E-state index contributed by atoms with van der Waals surface area (Å²) in [6.45, 7) is 1.16. The van der Waals surface area contributed by atoms with E-state index in [2.05, 4.69) is 4.72 Å². The normalized spacial score (nSPS) is 19.0. The lowest BCUT2D eigenvalue weighted by Crippen LogP contribution is -2.29. The molecule has 0 aromatic heterocycles. The van der Waals surface area contributed by atoms with E-state index >= 15 is 0 Å². The fourth-order valence-electron chi connectivity index (χ4n) is 2.71. The van der Waals surface area contributed by atoms with E-state index in [0.29, 0.717) is 30.5 Å². The Bertz CT molecular complexity index is 849. The van der Waals surface area contributed by atoms with Gasteiger partial charge in [-0.05, 0) is 18.2 Å². The van der Waals surface area contributed by atoms with Crippen LogP contribution < -0.4 is 18.9 Å². The van der Waals surface area contributed by atoms with Crippen LogP contribution in [-0.2, 0) is 10.0 Å². The number of ether oxygens (including phenoxy) is 3. The van der Waals surface area contributed by atoms with Gasteiger partial charge in [0.15, 0.2) is 11.5 Å². The molecule has 0 bridgehead atoms. The minimum absolute atomic E-state index is 0.145. The Kier molecular flexibility index (Phi) is 3.39. The Balaban J connectivity index is 1.62. The predicted molar refractivity (Wildman–Crippen MR) is 82.4 cm³/mol. The Morgan fingerprint density at radius 1 is 0.913 bits per heavy atom. The molecule has 0 unspecified atom stereocenters. The molecule has 0 fully saturated rings. The summed E-state index contributed by atoms with van der Waals surface area (Å²) in [6.07, 6.45) is 0. The monoisotopic (exact) mass is 333 g/mol. The van der Waals surface area contributed by atoms with Crippen molar-refractivity contribution in [2.24, 2.45) is 0 Å². The van der Waals surface area contributed by atoms with E-state index in [9.17, 15) is 8.42 Å². The second-order valence-corrected chi connectivity index (χ2v) is 7.04. The van der Waals surface area contributed by atoms with Gasteiger partial charge in [0.25, 0.3) is 0 Å². The van der Waals surface area contributed by atoms with Gasteiger partial charge in [-0.3, -0.25) is 0 Å². The molecule has 120 valence electrons. The Morgan fingerprint density at radius 2 is 1.70 bits per heavy atom. The van der Waals surface area contributed by atoms with Crippen molar-refractivity contribution in [1.82, 2.24) is 4.72 Å². The lowest BCUT2D eigenvalue weighted by Gasteiger charge is -2.19. The highest BCUT2D eigenvalue weighted by Crippen LogP contribution is 2.35. The summed E-state index contributed by atoms with van der Waals surface area (Å²) in [5.41, 5.74) is 0.841. The highest BCUT2D eigenvalue weighted by molar-refractivity contribution is 7.89. The molecule has 2 aliphatic heterocycles. The van der Waals surface area contributed by atoms with Crippen LogP contribution in [-0.4, -0.2) is 28.2 Å². The van der Waals surface area contributed by atoms with Gasteiger partial charge in [-0.25, -0.2) is 13.1 Å². The van der Waals surface area contributed by atoms with Gasteiger partial charge in [-0.2, -0.15) is 0 Å². The van der Waals surface area contributed by atoms with Crippen molar-refractivity contribution < 1.29 is 22.6 Å². The summed E-state index contributed by atoms with van der Waals surface area (Å²) in [5, 5.41) is 0. The summed E-state index contributed by atoms with van der Waals surface area (Å²) >= 11 is 0. The number of sulfonamides is 1. The average molecular weight is 333 g/mol. The lowest BCUT2D eigenvalue weighted by molar-refractivity contribution is 0.171. The summed E-state index contributed by atoms with van der Waals surface area (Å²) in [5.74, 6) is 1.72. The smallest absolute Gasteiger partial charge is 0.241 e. The summed E-state index contributed by atoms with van der Waals surface area (Å²) in [7, 11) is -3.69. The molecule has 2 aliphatic rings. The zero-order valence-electron chi connectivity index (χ0n) is 12.2. The highest BCUT2D eigenvalue weighted by Gasteiger charge is 2.29. The molecule has 6 nitrogen and oxygen atoms in total. The fourth-order valence-corrected chi connectivity index (χ4v) is 3.92. The van der Waals surface area contributed by atoms with Gasteiger partial charge in [0, 0.05) is 11.6 Å². The van der Waals surface area contributed by atoms with E-state index in [4.69, 9.17) is 14.2 Å². The minimum Gasteiger partial charge on any atom is -0.491 e. The van der Waals surface area contributed by atoms with Crippen LogP contribution in [0.4, 0.5) is 0 Å². The van der Waals surface area contributed by atoms with Crippen molar-refractivity contribution >= 4 is 10.0 Å². The molecule has 7 heteroatoms. The molecular formula is C16H15NO5S. The van der Waals surface area contributed by atoms with Gasteiger partial charge in [-0.1, -0.05) is 18.2 Å². The molecule has 1 atom stereocenters. The van der Waals surface area contributed by atoms with Crippen LogP contribution in [0.1, 0.15) is 11.6 Å². The van der Waals surface area contributed by atoms with Crippen molar-refractivity contribution in [1.29, 1.82) is 0 Å². The quantitative estimate of drug-likeness (QED) is 0.928. The Morgan fingerprint density at radius 3 is 2.57 bits per heavy atom. The molecular weight excluding hydrogens is 318 g/mol. The van der Waals surface area contributed by atoms with E-state index in [1.807, 2.05) is 24.3 Å². The first kappa shape index (κ1) is 14.3. The summed E-state index contributed by atoms with van der Waals surface area (Å²) in [6, 6.07) is 11.6. The topological polar surface area (TPSA) is 73.9 Å². The SMILES string of the molecule is O=S(=O)(N[C@@H]1COc2ccccc21)c1ccc2c(c1)OCCO2. The number of rotatable bonds is 3. The second kappa shape index (κ2) is 5.43. The van der Waals surface area contributed by atoms with Crippen molar-refractivity contribution in [3.8, 4) is 17.2 Å². The maximum Gasteiger partial charge on any atom is 0.241 e. The Labute approximate surface area is 134 Å². The van der Waals surface area contributed by atoms with E-state index in [1.54, 1.807) is 6.07 Å². The number of hydrogen-bond donors (Lipinski definition) is 1. The zero-order valence-corrected chi connectivity index (χ0v) is 13.0. The molecule has 23 heavy (non-hydrogen) atoms. The van der Waals surface area contributed by atoms with Crippen LogP contribution in [0, 0.1) is 0 Å². The standard InChI is InChI=1S/C16H15NO5S/c18-23(19,11-5-6-15-16(9-11)21-8-7-20-15)17-13-10-22-14-4-2-1-3-12(13)14/h1-6,9,13,17H,7-8,10H2/t13-/m1/s1. The molecule has 0 radical (unpaired) electrons. The maximum absolute atomic E-state index is 12.6. The van der Waals surface area contributed by atoms with Crippen LogP contribution in [0.15, 0.2) is 47.4 Å². The van der Waals surface area contributed by atoms with Crippen molar-refractivity contribution in [2.45, 2.75) is 10.9 Å². The van der Waals surface area contributed by atoms with Crippen molar-refractivity contribution in [2.75, 3.05) is 19.8 Å². The van der Waals surface area contributed by atoms with Gasteiger partial charge < -0.3 is 14.2 Å². The van der Waals surface area contributed by atoms with Gasteiger partial charge >= 0.3 is 0 Å². The average Bonchev–Trinajstić information content (AvgIpc) is 2.97. The molecule has 2 heterocycles. The highest BCUT2D eigenvalue weighted by atomic mass is 32.2. The van der Waals surface area contributed by atoms with Crippen LogP contribution >= 0.6 is 0 Å². The summed E-state index contributed by atoms with van der Waals surface area (Å²) in [4.78, 5) is 0.145. The van der Waals surface area contributed by atoms with Gasteiger partial charge in [0.05, 0.1) is 10.9 Å². The molecule has 0 saturated carbocycles. The van der Waals surface area contributed by atoms with Crippen LogP contribution in [0.5, 0.6) is 17.2 Å². The molecule has 2 aromatic carbocycles. The molecule has 0 spiro atoms. The number of nitrogens with one attached hydrogen (secondary N) is 1. The largest absolute Gasteiger partial charge is 0.491 e. The first-order chi connectivity index (χ1) is 11.1. The first-order valence-electron chi connectivity index (χ1n) is 7.27. The molecule has 1 N–H and O–H groups in total. The maximum atomic E-state index is 12.6. The third kappa shape index (κ3) is 2.62. The van der Waals surface area contributed by atoms with E-state index in [1.165, 1.54) is 12.1 Å². The third-order valence-corrected chi connectivity index (χ3v) is 5.29. The molecule has 0 saturated heterocycles. The molecule has 0 amide bonds. The van der Waals surface area contributed by atoms with E-state index in [-0.39, 0.29) is 11.5 Å². The minimum atomic E-state index is -3.69. The molecule has 2 aromatic rings. The van der Waals surface area contributed by atoms with Gasteiger partial charge in [-0.15, -0.1) is 0 Å². The zero-order chi connectivity index (χ0) is 15.9. The molecule has 4 rings (SSSR count). The van der Waals surface area contributed by atoms with Gasteiger partial charge in [0.2, 0.25) is 10.0 Å². The van der Waals surface area contributed by atoms with Crippen LogP contribution in [0.2, 0.25) is 0 Å². The summed E-state index contributed by atoms with van der Waals surface area (Å²) < 4.78 is 44.3. The number of fused-ring (bicyclic) bond motifs is 2. The second-order valence-electron chi connectivity index (χ2n) is 5.33. The third-order valence-electron chi connectivity index (χ3n) is 3.82. The predicted octanol–water partition coefficient (Wildman–Crippen LogP) is 1.87. The number of benzene rings is 2. The first-order valence-corrected chi connectivity index (χ1v) is 8.75. The number of hydrogen-bond acceptors (Lipinski definition) is 5. The van der Waals surface area contributed by atoms with Crippen molar-refractivity contribution in [3.63, 3.8) is 0 Å². The lowest BCUT2D eigenvalue weighted by atomic mass is 10.1. The fraction of sp³-hybridized carbons (Fsp3) is 0.250. The van der Waals surface area contributed by atoms with Gasteiger partial charge in [0.1, 0.15) is 25.6 Å². The van der Waals surface area contributed by atoms with Crippen LogP contribution in [0.3, 0.4) is 0 Å². The van der Waals surface area contributed by atoms with Crippen molar-refractivity contribution in [3.05, 3.63) is 48.0 Å². The van der Waals surface area contributed by atoms with Crippen LogP contribution in [0.25, 0.3) is 0 Å². The van der Waals surface area contributed by atoms with E-state index < -0.39 is 16.1 Å².